The van der Waals surface area contributed by atoms with Gasteiger partial charge in [0, 0.05) is 28.3 Å². The van der Waals surface area contributed by atoms with Crippen molar-refractivity contribution in [1.82, 2.24) is 9.78 Å². The van der Waals surface area contributed by atoms with Crippen molar-refractivity contribution in [3.8, 4) is 0 Å². The van der Waals surface area contributed by atoms with Crippen LogP contribution in [0.5, 0.6) is 0 Å². The van der Waals surface area contributed by atoms with E-state index in [2.05, 4.69) is 63.2 Å². The van der Waals surface area contributed by atoms with Crippen molar-refractivity contribution in [3.63, 3.8) is 0 Å². The summed E-state index contributed by atoms with van der Waals surface area (Å²) in [6.07, 6.45) is 10.7. The maximum Gasteiger partial charge on any atom is 0.0770 e. The summed E-state index contributed by atoms with van der Waals surface area (Å²) >= 11 is 3.62. The van der Waals surface area contributed by atoms with Gasteiger partial charge in [-0.25, -0.2) is 0 Å². The van der Waals surface area contributed by atoms with E-state index in [1.165, 1.54) is 42.4 Å². The van der Waals surface area contributed by atoms with Crippen molar-refractivity contribution < 1.29 is 4.74 Å². The van der Waals surface area contributed by atoms with Crippen LogP contribution in [0.25, 0.3) is 0 Å². The molecule has 0 amide bonds. The summed E-state index contributed by atoms with van der Waals surface area (Å²) in [7, 11) is 0. The average Bonchev–Trinajstić information content (AvgIpc) is 3.24. The predicted molar refractivity (Wildman–Crippen MR) is 94.7 cm³/mol. The lowest BCUT2D eigenvalue weighted by molar-refractivity contribution is 0.00398. The van der Waals surface area contributed by atoms with Crippen molar-refractivity contribution >= 4 is 15.9 Å². The van der Waals surface area contributed by atoms with E-state index in [4.69, 9.17) is 4.74 Å². The molecule has 1 unspecified atom stereocenters. The number of nitrogens with zero attached hydrogens (tertiary/aromatic N) is 2. The summed E-state index contributed by atoms with van der Waals surface area (Å²) in [5, 5.41) is 4.62. The number of halogens is 1. The Kier molecular flexibility index (Phi) is 4.06. The molecule has 0 spiro atoms. The number of rotatable bonds is 4. The molecule has 1 atom stereocenters. The molecule has 1 aliphatic heterocycles. The van der Waals surface area contributed by atoms with Gasteiger partial charge in [0.2, 0.25) is 0 Å². The fourth-order valence-corrected chi connectivity index (χ4v) is 4.18. The minimum Gasteiger partial charge on any atom is -0.376 e. The molecule has 4 rings (SSSR count). The summed E-state index contributed by atoms with van der Waals surface area (Å²) in [5.41, 5.74) is 4.35. The average molecular weight is 375 g/mol. The van der Waals surface area contributed by atoms with Crippen LogP contribution < -0.4 is 0 Å². The molecular weight excluding hydrogens is 352 g/mol. The highest BCUT2D eigenvalue weighted by atomic mass is 79.9. The monoisotopic (exact) mass is 374 g/mol. The molecule has 2 aliphatic rings. The minimum atomic E-state index is 0.180. The molecule has 2 fully saturated rings. The Morgan fingerprint density at radius 2 is 2.22 bits per heavy atom. The fourth-order valence-electron chi connectivity index (χ4n) is 3.82. The molecule has 1 saturated heterocycles. The number of hydrogen-bond acceptors (Lipinski definition) is 2. The van der Waals surface area contributed by atoms with E-state index < -0.39 is 0 Å². The highest BCUT2D eigenvalue weighted by molar-refractivity contribution is 9.10. The van der Waals surface area contributed by atoms with Crippen molar-refractivity contribution in [2.45, 2.75) is 57.1 Å². The largest absolute Gasteiger partial charge is 0.376 e. The maximum atomic E-state index is 5.84. The van der Waals surface area contributed by atoms with E-state index in [0.717, 1.165) is 24.0 Å². The molecule has 1 aliphatic carbocycles. The summed E-state index contributed by atoms with van der Waals surface area (Å²) in [6, 6.07) is 6.61. The summed E-state index contributed by atoms with van der Waals surface area (Å²) in [4.78, 5) is 0. The SMILES string of the molecule is Cc1ccc(Br)cc1C1(c2cnn(CC3CCCCO3)c2)CC1. The van der Waals surface area contributed by atoms with Crippen LogP contribution in [-0.4, -0.2) is 22.5 Å². The summed E-state index contributed by atoms with van der Waals surface area (Å²) in [5.74, 6) is 0. The van der Waals surface area contributed by atoms with Gasteiger partial charge in [-0.05, 0) is 62.3 Å². The second-order valence-electron chi connectivity index (χ2n) is 6.98. The Balaban J connectivity index is 1.57. The van der Waals surface area contributed by atoms with Crippen molar-refractivity contribution in [3.05, 3.63) is 51.8 Å². The van der Waals surface area contributed by atoms with Crippen LogP contribution in [0.1, 0.15) is 48.8 Å². The minimum absolute atomic E-state index is 0.180. The number of benzene rings is 1. The van der Waals surface area contributed by atoms with Crippen LogP contribution in [0.3, 0.4) is 0 Å². The van der Waals surface area contributed by atoms with Crippen molar-refractivity contribution in [1.29, 1.82) is 0 Å². The Bertz CT molecular complexity index is 699. The van der Waals surface area contributed by atoms with Gasteiger partial charge in [-0.1, -0.05) is 22.0 Å². The lowest BCUT2D eigenvalue weighted by Gasteiger charge is -2.22. The highest BCUT2D eigenvalue weighted by Crippen LogP contribution is 2.54. The molecular formula is C19H23BrN2O. The molecule has 0 radical (unpaired) electrons. The van der Waals surface area contributed by atoms with Crippen molar-refractivity contribution in [2.75, 3.05) is 6.61 Å². The van der Waals surface area contributed by atoms with Gasteiger partial charge < -0.3 is 4.74 Å². The van der Waals surface area contributed by atoms with Crippen LogP contribution in [0.4, 0.5) is 0 Å². The zero-order chi connectivity index (χ0) is 15.9. The van der Waals surface area contributed by atoms with E-state index in [0.29, 0.717) is 6.10 Å². The Morgan fingerprint density at radius 3 is 2.96 bits per heavy atom. The van der Waals surface area contributed by atoms with Gasteiger partial charge in [0.15, 0.2) is 0 Å². The maximum absolute atomic E-state index is 5.84. The number of ether oxygens (including phenoxy) is 1. The Hall–Kier alpha value is -1.13. The van der Waals surface area contributed by atoms with E-state index >= 15 is 0 Å². The van der Waals surface area contributed by atoms with Gasteiger partial charge in [-0.15, -0.1) is 0 Å². The van der Waals surface area contributed by atoms with Crippen molar-refractivity contribution in [2.24, 2.45) is 0 Å². The number of aromatic nitrogens is 2. The molecule has 1 aromatic heterocycles. The Labute approximate surface area is 146 Å². The van der Waals surface area contributed by atoms with Crippen LogP contribution in [0.15, 0.2) is 35.1 Å². The molecule has 3 nitrogen and oxygen atoms in total. The van der Waals surface area contributed by atoms with Crippen LogP contribution in [0, 0.1) is 6.92 Å². The predicted octanol–water partition coefficient (Wildman–Crippen LogP) is 4.60. The first-order valence-electron chi connectivity index (χ1n) is 8.58. The normalized spacial score (nSPS) is 23.0. The quantitative estimate of drug-likeness (QED) is 0.781. The van der Waals surface area contributed by atoms with Gasteiger partial charge in [0.25, 0.3) is 0 Å². The van der Waals surface area contributed by atoms with Crippen LogP contribution >= 0.6 is 15.9 Å². The number of hydrogen-bond donors (Lipinski definition) is 0. The van der Waals surface area contributed by atoms with Gasteiger partial charge in [0.05, 0.1) is 18.8 Å². The molecule has 4 heteroatoms. The van der Waals surface area contributed by atoms with E-state index in [1.54, 1.807) is 0 Å². The van der Waals surface area contributed by atoms with E-state index in [1.807, 2.05) is 0 Å². The smallest absolute Gasteiger partial charge is 0.0770 e. The number of aryl methyl sites for hydroxylation is 1. The molecule has 122 valence electrons. The molecule has 23 heavy (non-hydrogen) atoms. The third-order valence-corrected chi connectivity index (χ3v) is 5.81. The molecule has 2 aromatic rings. The first kappa shape index (κ1) is 15.4. The third kappa shape index (κ3) is 2.99. The topological polar surface area (TPSA) is 27.1 Å². The Morgan fingerprint density at radius 1 is 1.35 bits per heavy atom. The second-order valence-corrected chi connectivity index (χ2v) is 7.90. The van der Waals surface area contributed by atoms with Crippen LogP contribution in [-0.2, 0) is 16.7 Å². The summed E-state index contributed by atoms with van der Waals surface area (Å²) < 4.78 is 9.09. The lowest BCUT2D eigenvalue weighted by Crippen LogP contribution is -2.24. The highest BCUT2D eigenvalue weighted by Gasteiger charge is 2.47. The summed E-state index contributed by atoms with van der Waals surface area (Å²) in [6.45, 7) is 4.00. The van der Waals surface area contributed by atoms with E-state index in [9.17, 15) is 0 Å². The van der Waals surface area contributed by atoms with Gasteiger partial charge in [-0.2, -0.15) is 5.10 Å². The second kappa shape index (κ2) is 6.06. The molecule has 0 N–H and O–H groups in total. The van der Waals surface area contributed by atoms with Gasteiger partial charge in [-0.3, -0.25) is 4.68 Å². The standard InChI is InChI=1S/C19H23BrN2O/c1-14-5-6-16(20)10-18(14)19(7-8-19)15-11-21-22(12-15)13-17-4-2-3-9-23-17/h5-6,10-12,17H,2-4,7-9,13H2,1H3. The van der Waals surface area contributed by atoms with Gasteiger partial charge >= 0.3 is 0 Å². The molecule has 0 bridgehead atoms. The first-order valence-corrected chi connectivity index (χ1v) is 9.38. The fraction of sp³-hybridized carbons (Fsp3) is 0.526. The third-order valence-electron chi connectivity index (χ3n) is 5.32. The van der Waals surface area contributed by atoms with E-state index in [-0.39, 0.29) is 5.41 Å². The molecule has 1 aromatic carbocycles. The molecule has 1 saturated carbocycles. The zero-order valence-electron chi connectivity index (χ0n) is 13.6. The lowest BCUT2D eigenvalue weighted by atomic mass is 9.87. The van der Waals surface area contributed by atoms with Gasteiger partial charge in [0.1, 0.15) is 0 Å². The van der Waals surface area contributed by atoms with Crippen LogP contribution in [0.2, 0.25) is 0 Å². The zero-order valence-corrected chi connectivity index (χ0v) is 15.2. The molecule has 2 heterocycles. The first-order chi connectivity index (χ1) is 11.2.